The lowest BCUT2D eigenvalue weighted by molar-refractivity contribution is 0.246. The van der Waals surface area contributed by atoms with Crippen LogP contribution in [0.15, 0.2) is 67.0 Å². The third kappa shape index (κ3) is 3.99. The lowest BCUT2D eigenvalue weighted by Crippen LogP contribution is -2.46. The van der Waals surface area contributed by atoms with Crippen molar-refractivity contribution in [1.29, 1.82) is 0 Å². The largest absolute Gasteiger partial charge is 0.398 e. The van der Waals surface area contributed by atoms with Gasteiger partial charge in [-0.2, -0.15) is 0 Å². The fourth-order valence-electron chi connectivity index (χ4n) is 4.28. The summed E-state index contributed by atoms with van der Waals surface area (Å²) in [6.07, 6.45) is 4.89. The fraction of sp³-hybridized carbons (Fsp3) is 0.280. The number of hydrogen-bond acceptors (Lipinski definition) is 5. The molecule has 5 rings (SSSR count). The summed E-state index contributed by atoms with van der Waals surface area (Å²) in [5.74, 6) is 1.06. The molecule has 31 heavy (non-hydrogen) atoms. The van der Waals surface area contributed by atoms with Crippen LogP contribution in [0.1, 0.15) is 18.2 Å². The molecule has 3 aromatic heterocycles. The Hall–Kier alpha value is -3.38. The molecule has 2 N–H and O–H groups in total. The van der Waals surface area contributed by atoms with Gasteiger partial charge in [0, 0.05) is 56.4 Å². The second kappa shape index (κ2) is 8.40. The standard InChI is InChI=1S/C25H28N6/c1-2-19-6-8-20(9-7-19)25-22(31-17-21(26)10-11-24(31)28-25)18-29-13-15-30(16-14-29)23-5-3-4-12-27-23/h3-12,17H,2,13-16,18,26H2,1H3. The van der Waals surface area contributed by atoms with E-state index >= 15 is 0 Å². The molecule has 0 atom stereocenters. The highest BCUT2D eigenvalue weighted by molar-refractivity contribution is 5.67. The molecular weight excluding hydrogens is 384 g/mol. The summed E-state index contributed by atoms with van der Waals surface area (Å²) >= 11 is 0. The number of fused-ring (bicyclic) bond motifs is 1. The molecule has 6 nitrogen and oxygen atoms in total. The van der Waals surface area contributed by atoms with Gasteiger partial charge in [-0.15, -0.1) is 0 Å². The van der Waals surface area contributed by atoms with Crippen molar-refractivity contribution in [3.05, 3.63) is 78.2 Å². The van der Waals surface area contributed by atoms with E-state index in [1.54, 1.807) is 0 Å². The SMILES string of the molecule is CCc1ccc(-c2nc3ccc(N)cn3c2CN2CCN(c3ccccn3)CC2)cc1. The summed E-state index contributed by atoms with van der Waals surface area (Å²) in [6, 6.07) is 18.8. The minimum atomic E-state index is 0.749. The number of imidazole rings is 1. The van der Waals surface area contributed by atoms with Gasteiger partial charge in [0.2, 0.25) is 0 Å². The molecule has 1 aromatic carbocycles. The van der Waals surface area contributed by atoms with Gasteiger partial charge in [0.1, 0.15) is 11.5 Å². The first-order valence-corrected chi connectivity index (χ1v) is 11.0. The first-order valence-electron chi connectivity index (χ1n) is 11.0. The third-order valence-corrected chi connectivity index (χ3v) is 6.09. The van der Waals surface area contributed by atoms with Crippen LogP contribution in [0.3, 0.4) is 0 Å². The average Bonchev–Trinajstić information content (AvgIpc) is 3.17. The van der Waals surface area contributed by atoms with Crippen LogP contribution >= 0.6 is 0 Å². The molecule has 0 saturated carbocycles. The van der Waals surface area contributed by atoms with Crippen molar-refractivity contribution in [1.82, 2.24) is 19.3 Å². The number of rotatable bonds is 5. The quantitative estimate of drug-likeness (QED) is 0.539. The summed E-state index contributed by atoms with van der Waals surface area (Å²) in [4.78, 5) is 14.3. The summed E-state index contributed by atoms with van der Waals surface area (Å²) in [6.45, 7) is 6.93. The number of piperazine rings is 1. The van der Waals surface area contributed by atoms with Gasteiger partial charge in [-0.3, -0.25) is 4.90 Å². The van der Waals surface area contributed by atoms with Crippen molar-refractivity contribution in [2.45, 2.75) is 19.9 Å². The van der Waals surface area contributed by atoms with Crippen LogP contribution in [-0.4, -0.2) is 45.4 Å². The van der Waals surface area contributed by atoms with E-state index in [0.29, 0.717) is 0 Å². The first-order chi connectivity index (χ1) is 15.2. The predicted octanol–water partition coefficient (Wildman–Crippen LogP) is 3.86. The Morgan fingerprint density at radius 2 is 1.74 bits per heavy atom. The van der Waals surface area contributed by atoms with Crippen LogP contribution in [0.5, 0.6) is 0 Å². The van der Waals surface area contributed by atoms with Crippen molar-refractivity contribution < 1.29 is 0 Å². The molecule has 0 radical (unpaired) electrons. The first kappa shape index (κ1) is 19.6. The van der Waals surface area contributed by atoms with E-state index in [2.05, 4.69) is 56.4 Å². The zero-order chi connectivity index (χ0) is 21.2. The van der Waals surface area contributed by atoms with E-state index in [1.165, 1.54) is 11.3 Å². The smallest absolute Gasteiger partial charge is 0.137 e. The number of nitrogens with zero attached hydrogens (tertiary/aromatic N) is 5. The molecule has 6 heteroatoms. The van der Waals surface area contributed by atoms with Crippen molar-refractivity contribution in [2.75, 3.05) is 36.8 Å². The monoisotopic (exact) mass is 412 g/mol. The van der Waals surface area contributed by atoms with Crippen molar-refractivity contribution in [3.8, 4) is 11.3 Å². The van der Waals surface area contributed by atoms with Crippen molar-refractivity contribution in [2.24, 2.45) is 0 Å². The maximum Gasteiger partial charge on any atom is 0.137 e. The number of nitrogens with two attached hydrogens (primary N) is 1. The van der Waals surface area contributed by atoms with Gasteiger partial charge in [0.25, 0.3) is 0 Å². The molecule has 1 aliphatic rings. The second-order valence-corrected chi connectivity index (χ2v) is 8.10. The minimum absolute atomic E-state index is 0.749. The van der Waals surface area contributed by atoms with Crippen molar-refractivity contribution in [3.63, 3.8) is 0 Å². The Balaban J connectivity index is 1.42. The van der Waals surface area contributed by atoms with Gasteiger partial charge in [0.05, 0.1) is 11.4 Å². The number of aromatic nitrogens is 3. The highest BCUT2D eigenvalue weighted by Crippen LogP contribution is 2.27. The average molecular weight is 413 g/mol. The molecule has 158 valence electrons. The van der Waals surface area contributed by atoms with E-state index in [4.69, 9.17) is 10.7 Å². The van der Waals surface area contributed by atoms with Crippen LogP contribution in [0, 0.1) is 0 Å². The van der Waals surface area contributed by atoms with E-state index in [9.17, 15) is 0 Å². The molecule has 0 amide bonds. The number of anilines is 2. The maximum atomic E-state index is 6.12. The number of benzene rings is 1. The molecule has 1 aliphatic heterocycles. The maximum absolute atomic E-state index is 6.12. The Bertz CT molecular complexity index is 1160. The lowest BCUT2D eigenvalue weighted by atomic mass is 10.1. The minimum Gasteiger partial charge on any atom is -0.398 e. The summed E-state index contributed by atoms with van der Waals surface area (Å²) in [7, 11) is 0. The van der Waals surface area contributed by atoms with Gasteiger partial charge >= 0.3 is 0 Å². The molecule has 1 fully saturated rings. The molecule has 4 heterocycles. The predicted molar refractivity (Wildman–Crippen MR) is 126 cm³/mol. The van der Waals surface area contributed by atoms with E-state index in [0.717, 1.165) is 67.6 Å². The number of pyridine rings is 2. The molecule has 0 unspecified atom stereocenters. The van der Waals surface area contributed by atoms with Gasteiger partial charge in [-0.05, 0) is 36.2 Å². The highest BCUT2D eigenvalue weighted by Gasteiger charge is 2.22. The van der Waals surface area contributed by atoms with Gasteiger partial charge < -0.3 is 15.0 Å². The molecule has 4 aromatic rings. The molecule has 1 saturated heterocycles. The Labute approximate surface area is 183 Å². The van der Waals surface area contributed by atoms with Gasteiger partial charge in [-0.1, -0.05) is 37.3 Å². The zero-order valence-electron chi connectivity index (χ0n) is 17.9. The lowest BCUT2D eigenvalue weighted by Gasteiger charge is -2.35. The molecular formula is C25H28N6. The summed E-state index contributed by atoms with van der Waals surface area (Å²) < 4.78 is 2.16. The third-order valence-electron chi connectivity index (χ3n) is 6.09. The highest BCUT2D eigenvalue weighted by atomic mass is 15.3. The second-order valence-electron chi connectivity index (χ2n) is 8.10. The fourth-order valence-corrected chi connectivity index (χ4v) is 4.28. The van der Waals surface area contributed by atoms with Crippen LogP contribution in [0.2, 0.25) is 0 Å². The Morgan fingerprint density at radius 3 is 2.45 bits per heavy atom. The molecule has 0 spiro atoms. The molecule has 0 aliphatic carbocycles. The van der Waals surface area contributed by atoms with Crippen LogP contribution in [-0.2, 0) is 13.0 Å². The van der Waals surface area contributed by atoms with Crippen LogP contribution in [0.25, 0.3) is 16.9 Å². The van der Waals surface area contributed by atoms with Crippen molar-refractivity contribution >= 4 is 17.2 Å². The number of aryl methyl sites for hydroxylation is 1. The number of hydrogen-bond donors (Lipinski definition) is 1. The summed E-state index contributed by atoms with van der Waals surface area (Å²) in [5, 5.41) is 0. The van der Waals surface area contributed by atoms with E-state index < -0.39 is 0 Å². The van der Waals surface area contributed by atoms with Crippen LogP contribution < -0.4 is 10.6 Å². The number of nitrogen functional groups attached to an aromatic ring is 1. The van der Waals surface area contributed by atoms with E-state index in [1.807, 2.05) is 36.7 Å². The zero-order valence-corrected chi connectivity index (χ0v) is 17.9. The van der Waals surface area contributed by atoms with Gasteiger partial charge in [-0.25, -0.2) is 9.97 Å². The Kier molecular flexibility index (Phi) is 5.30. The Morgan fingerprint density at radius 1 is 0.935 bits per heavy atom. The van der Waals surface area contributed by atoms with Gasteiger partial charge in [0.15, 0.2) is 0 Å². The van der Waals surface area contributed by atoms with E-state index in [-0.39, 0.29) is 0 Å². The normalized spacial score (nSPS) is 14.9. The topological polar surface area (TPSA) is 62.7 Å². The molecule has 0 bridgehead atoms. The summed E-state index contributed by atoms with van der Waals surface area (Å²) in [5.41, 5.74) is 12.5. The van der Waals surface area contributed by atoms with Crippen LogP contribution in [0.4, 0.5) is 11.5 Å².